The average molecular weight is 286 g/mol. The van der Waals surface area contributed by atoms with Crippen LogP contribution >= 0.6 is 0 Å². The molecule has 0 spiro atoms. The monoisotopic (exact) mass is 286 g/mol. The fourth-order valence-electron chi connectivity index (χ4n) is 2.69. The molecule has 2 rings (SSSR count). The molecular formula is C12H22N4O2S. The molecule has 1 fully saturated rings. The molecule has 0 unspecified atom stereocenters. The van der Waals surface area contributed by atoms with Gasteiger partial charge in [0.25, 0.3) is 0 Å². The number of nitrogens with zero attached hydrogens (tertiary/aromatic N) is 1. The normalized spacial score (nSPS) is 19.5. The van der Waals surface area contributed by atoms with Crippen LogP contribution in [0.1, 0.15) is 37.8 Å². The first-order valence-electron chi connectivity index (χ1n) is 6.69. The van der Waals surface area contributed by atoms with Gasteiger partial charge >= 0.3 is 0 Å². The Hall–Kier alpha value is -0.920. The van der Waals surface area contributed by atoms with Gasteiger partial charge in [-0.1, -0.05) is 19.3 Å². The van der Waals surface area contributed by atoms with E-state index in [4.69, 9.17) is 5.73 Å². The summed E-state index contributed by atoms with van der Waals surface area (Å²) in [5.41, 5.74) is 6.34. The van der Waals surface area contributed by atoms with Crippen LogP contribution in [0.3, 0.4) is 0 Å². The summed E-state index contributed by atoms with van der Waals surface area (Å²) in [6, 6.07) is 0. The molecule has 6 nitrogen and oxygen atoms in total. The van der Waals surface area contributed by atoms with Gasteiger partial charge in [-0.15, -0.1) is 0 Å². The summed E-state index contributed by atoms with van der Waals surface area (Å²) in [6.45, 7) is 2.64. The maximum Gasteiger partial charge on any atom is 0.243 e. The maximum absolute atomic E-state index is 12.2. The van der Waals surface area contributed by atoms with Gasteiger partial charge in [0.1, 0.15) is 4.90 Å². The molecule has 19 heavy (non-hydrogen) atoms. The molecule has 0 bridgehead atoms. The van der Waals surface area contributed by atoms with Crippen LogP contribution in [0, 0.1) is 12.3 Å². The van der Waals surface area contributed by atoms with Crippen LogP contribution in [0.5, 0.6) is 0 Å². The number of rotatable bonds is 5. The second-order valence-electron chi connectivity index (χ2n) is 5.45. The van der Waals surface area contributed by atoms with E-state index < -0.39 is 10.0 Å². The number of nitrogens with two attached hydrogens (primary N) is 1. The van der Waals surface area contributed by atoms with Crippen molar-refractivity contribution in [1.82, 2.24) is 14.9 Å². The standard InChI is InChI=1S/C12H22N4O2S/c1-10-11(7-14-16-10)19(17,18)15-9-12(8-13)5-3-2-4-6-12/h7,15H,2-6,8-9,13H2,1H3,(H,14,16). The van der Waals surface area contributed by atoms with Crippen LogP contribution in [0.4, 0.5) is 0 Å². The fourth-order valence-corrected chi connectivity index (χ4v) is 3.98. The van der Waals surface area contributed by atoms with Gasteiger partial charge in [-0.2, -0.15) is 5.10 Å². The van der Waals surface area contributed by atoms with Crippen molar-refractivity contribution in [3.05, 3.63) is 11.9 Å². The third kappa shape index (κ3) is 3.16. The van der Waals surface area contributed by atoms with Gasteiger partial charge in [-0.25, -0.2) is 13.1 Å². The summed E-state index contributed by atoms with van der Waals surface area (Å²) in [5.74, 6) is 0. The van der Waals surface area contributed by atoms with Gasteiger partial charge in [-0.3, -0.25) is 5.10 Å². The Balaban J connectivity index is 2.07. The Bertz CT molecular complexity index is 518. The molecule has 1 aliphatic carbocycles. The molecule has 1 aliphatic rings. The Kier molecular flexibility index (Phi) is 4.27. The molecule has 1 aromatic rings. The second-order valence-corrected chi connectivity index (χ2v) is 7.18. The predicted octanol–water partition coefficient (Wildman–Crippen LogP) is 0.906. The van der Waals surface area contributed by atoms with Crippen LogP contribution in [-0.2, 0) is 10.0 Å². The molecule has 4 N–H and O–H groups in total. The van der Waals surface area contributed by atoms with Crippen molar-refractivity contribution in [2.24, 2.45) is 11.1 Å². The van der Waals surface area contributed by atoms with Gasteiger partial charge in [0.05, 0.1) is 11.9 Å². The third-order valence-electron chi connectivity index (χ3n) is 4.06. The quantitative estimate of drug-likeness (QED) is 0.748. The number of aromatic nitrogens is 2. The number of H-pyrrole nitrogens is 1. The lowest BCUT2D eigenvalue weighted by molar-refractivity contribution is 0.202. The second kappa shape index (κ2) is 5.60. The Morgan fingerprint density at radius 1 is 1.42 bits per heavy atom. The number of hydrogen-bond acceptors (Lipinski definition) is 4. The summed E-state index contributed by atoms with van der Waals surface area (Å²) in [5, 5.41) is 6.39. The fraction of sp³-hybridized carbons (Fsp3) is 0.750. The zero-order valence-electron chi connectivity index (χ0n) is 11.3. The van der Waals surface area contributed by atoms with Gasteiger partial charge in [0.15, 0.2) is 0 Å². The van der Waals surface area contributed by atoms with Crippen LogP contribution in [-0.4, -0.2) is 31.7 Å². The molecule has 0 aromatic carbocycles. The first-order chi connectivity index (χ1) is 8.99. The topological polar surface area (TPSA) is 101 Å². The van der Waals surface area contributed by atoms with Crippen molar-refractivity contribution in [2.45, 2.75) is 43.9 Å². The summed E-state index contributed by atoms with van der Waals surface area (Å²) < 4.78 is 27.1. The lowest BCUT2D eigenvalue weighted by Crippen LogP contribution is -2.43. The van der Waals surface area contributed by atoms with Crippen LogP contribution in [0.25, 0.3) is 0 Å². The molecule has 0 aliphatic heterocycles. The molecule has 0 amide bonds. The van der Waals surface area contributed by atoms with Gasteiger partial charge in [-0.05, 0) is 31.7 Å². The smallest absolute Gasteiger partial charge is 0.243 e. The number of sulfonamides is 1. The molecule has 0 saturated heterocycles. The van der Waals surface area contributed by atoms with E-state index >= 15 is 0 Å². The van der Waals surface area contributed by atoms with E-state index in [2.05, 4.69) is 14.9 Å². The summed E-state index contributed by atoms with van der Waals surface area (Å²) in [4.78, 5) is 0.218. The van der Waals surface area contributed by atoms with Gasteiger partial charge in [0.2, 0.25) is 10.0 Å². The summed E-state index contributed by atoms with van der Waals surface area (Å²) >= 11 is 0. The molecule has 108 valence electrons. The number of nitrogens with one attached hydrogen (secondary N) is 2. The average Bonchev–Trinajstić information content (AvgIpc) is 2.85. The number of aromatic amines is 1. The van der Waals surface area contributed by atoms with Crippen molar-refractivity contribution in [1.29, 1.82) is 0 Å². The number of aryl methyl sites for hydroxylation is 1. The molecule has 1 heterocycles. The van der Waals surface area contributed by atoms with Crippen molar-refractivity contribution in [3.8, 4) is 0 Å². The minimum Gasteiger partial charge on any atom is -0.330 e. The predicted molar refractivity (Wildman–Crippen MR) is 73.1 cm³/mol. The minimum atomic E-state index is -3.49. The van der Waals surface area contributed by atoms with Crippen molar-refractivity contribution >= 4 is 10.0 Å². The highest BCUT2D eigenvalue weighted by Gasteiger charge is 2.32. The van der Waals surface area contributed by atoms with Crippen LogP contribution in [0.2, 0.25) is 0 Å². The largest absolute Gasteiger partial charge is 0.330 e. The molecule has 0 radical (unpaired) electrons. The minimum absolute atomic E-state index is 0.0804. The molecule has 1 aromatic heterocycles. The Morgan fingerprint density at radius 2 is 2.11 bits per heavy atom. The van der Waals surface area contributed by atoms with E-state index in [1.807, 2.05) is 0 Å². The van der Waals surface area contributed by atoms with E-state index in [1.54, 1.807) is 6.92 Å². The zero-order valence-corrected chi connectivity index (χ0v) is 12.1. The highest BCUT2D eigenvalue weighted by molar-refractivity contribution is 7.89. The summed E-state index contributed by atoms with van der Waals surface area (Å²) in [6.07, 6.45) is 6.81. The van der Waals surface area contributed by atoms with E-state index in [0.29, 0.717) is 18.8 Å². The summed E-state index contributed by atoms with van der Waals surface area (Å²) in [7, 11) is -3.49. The Morgan fingerprint density at radius 3 is 2.63 bits per heavy atom. The molecule has 1 saturated carbocycles. The van der Waals surface area contributed by atoms with Crippen molar-refractivity contribution < 1.29 is 8.42 Å². The lowest BCUT2D eigenvalue weighted by atomic mass is 9.74. The van der Waals surface area contributed by atoms with E-state index in [9.17, 15) is 8.42 Å². The zero-order chi connectivity index (χ0) is 13.9. The molecular weight excluding hydrogens is 264 g/mol. The van der Waals surface area contributed by atoms with Crippen LogP contribution < -0.4 is 10.5 Å². The van der Waals surface area contributed by atoms with Gasteiger partial charge in [0, 0.05) is 6.54 Å². The van der Waals surface area contributed by atoms with Gasteiger partial charge < -0.3 is 5.73 Å². The first kappa shape index (κ1) is 14.5. The lowest BCUT2D eigenvalue weighted by Gasteiger charge is -2.36. The van der Waals surface area contributed by atoms with E-state index in [0.717, 1.165) is 25.7 Å². The first-order valence-corrected chi connectivity index (χ1v) is 8.17. The van der Waals surface area contributed by atoms with Crippen LogP contribution in [0.15, 0.2) is 11.1 Å². The maximum atomic E-state index is 12.2. The number of hydrogen-bond donors (Lipinski definition) is 3. The highest BCUT2D eigenvalue weighted by atomic mass is 32.2. The SMILES string of the molecule is Cc1[nH]ncc1S(=O)(=O)NCC1(CN)CCCCC1. The molecule has 7 heteroatoms. The Labute approximate surface area is 114 Å². The third-order valence-corrected chi connectivity index (χ3v) is 5.57. The van der Waals surface area contributed by atoms with Crippen molar-refractivity contribution in [3.63, 3.8) is 0 Å². The highest BCUT2D eigenvalue weighted by Crippen LogP contribution is 2.35. The van der Waals surface area contributed by atoms with E-state index in [1.165, 1.54) is 12.6 Å². The van der Waals surface area contributed by atoms with Crippen molar-refractivity contribution in [2.75, 3.05) is 13.1 Å². The molecule has 0 atom stereocenters. The van der Waals surface area contributed by atoms with E-state index in [-0.39, 0.29) is 10.3 Å².